The van der Waals surface area contributed by atoms with E-state index in [2.05, 4.69) is 51.8 Å². The van der Waals surface area contributed by atoms with Gasteiger partial charge < -0.3 is 5.73 Å². The first kappa shape index (κ1) is 14.7. The van der Waals surface area contributed by atoms with Gasteiger partial charge in [0.25, 0.3) is 0 Å². The van der Waals surface area contributed by atoms with E-state index in [0.29, 0.717) is 12.1 Å². The van der Waals surface area contributed by atoms with Gasteiger partial charge in [-0.1, -0.05) is 13.8 Å². The molecule has 0 aliphatic heterocycles. The third kappa shape index (κ3) is 3.54. The summed E-state index contributed by atoms with van der Waals surface area (Å²) < 4.78 is 0. The Morgan fingerprint density at radius 2 is 1.94 bits per heavy atom. The number of nitrogens with two attached hydrogens (primary N) is 1. The van der Waals surface area contributed by atoms with Gasteiger partial charge in [-0.2, -0.15) is 0 Å². The van der Waals surface area contributed by atoms with Crippen molar-refractivity contribution in [2.75, 3.05) is 7.05 Å². The van der Waals surface area contributed by atoms with Crippen molar-refractivity contribution in [1.82, 2.24) is 4.90 Å². The van der Waals surface area contributed by atoms with Crippen LogP contribution in [-0.4, -0.2) is 24.0 Å². The lowest BCUT2D eigenvalue weighted by Crippen LogP contribution is -2.42. The molecule has 0 spiro atoms. The fourth-order valence-electron chi connectivity index (χ4n) is 2.11. The smallest absolute Gasteiger partial charge is 0.0593 e. The standard InChI is InChI=1S/C14H26N2S/c1-6-10(3)16(5)14(12(15)7-2)13-9-8-11(4)17-13/h8-10,12,14H,6-7,15H2,1-5H3. The van der Waals surface area contributed by atoms with Gasteiger partial charge in [0.15, 0.2) is 0 Å². The number of rotatable bonds is 6. The molecule has 0 fully saturated rings. The molecule has 2 N–H and O–H groups in total. The fraction of sp³-hybridized carbons (Fsp3) is 0.714. The molecular formula is C14H26N2S. The first-order chi connectivity index (χ1) is 8.01. The number of hydrogen-bond donors (Lipinski definition) is 1. The van der Waals surface area contributed by atoms with E-state index < -0.39 is 0 Å². The molecule has 0 bridgehead atoms. The molecule has 1 aromatic rings. The molecule has 3 heteroatoms. The minimum atomic E-state index is 0.215. The summed E-state index contributed by atoms with van der Waals surface area (Å²) >= 11 is 1.87. The zero-order valence-corrected chi connectivity index (χ0v) is 12.6. The van der Waals surface area contributed by atoms with E-state index >= 15 is 0 Å². The zero-order valence-electron chi connectivity index (χ0n) is 11.7. The quantitative estimate of drug-likeness (QED) is 0.841. The first-order valence-electron chi connectivity index (χ1n) is 6.55. The molecule has 1 aromatic heterocycles. The molecule has 0 aromatic carbocycles. The summed E-state index contributed by atoms with van der Waals surface area (Å²) in [6.07, 6.45) is 2.18. The highest BCUT2D eigenvalue weighted by Gasteiger charge is 2.26. The molecular weight excluding hydrogens is 228 g/mol. The molecule has 1 rings (SSSR count). The maximum Gasteiger partial charge on any atom is 0.0593 e. The van der Waals surface area contributed by atoms with Crippen molar-refractivity contribution in [3.63, 3.8) is 0 Å². The summed E-state index contributed by atoms with van der Waals surface area (Å²) in [5.41, 5.74) is 6.32. The van der Waals surface area contributed by atoms with Crippen LogP contribution in [0.3, 0.4) is 0 Å². The van der Waals surface area contributed by atoms with Crippen LogP contribution in [0.25, 0.3) is 0 Å². The van der Waals surface area contributed by atoms with Gasteiger partial charge in [0.2, 0.25) is 0 Å². The summed E-state index contributed by atoms with van der Waals surface area (Å²) in [7, 11) is 2.20. The normalized spacial score (nSPS) is 17.1. The first-order valence-corrected chi connectivity index (χ1v) is 7.36. The third-order valence-corrected chi connectivity index (χ3v) is 4.73. The van der Waals surface area contributed by atoms with Crippen LogP contribution in [0.5, 0.6) is 0 Å². The Morgan fingerprint density at radius 1 is 1.29 bits per heavy atom. The average molecular weight is 254 g/mol. The maximum atomic E-state index is 6.32. The summed E-state index contributed by atoms with van der Waals surface area (Å²) in [5, 5.41) is 0. The van der Waals surface area contributed by atoms with Gasteiger partial charge in [0.05, 0.1) is 6.04 Å². The Kier molecular flexibility index (Phi) is 5.63. The minimum Gasteiger partial charge on any atom is -0.326 e. The predicted molar refractivity (Wildman–Crippen MR) is 77.6 cm³/mol. The molecule has 17 heavy (non-hydrogen) atoms. The molecule has 0 aliphatic carbocycles. The van der Waals surface area contributed by atoms with Crippen LogP contribution in [0.4, 0.5) is 0 Å². The van der Waals surface area contributed by atoms with Crippen LogP contribution in [0.1, 0.15) is 49.4 Å². The van der Waals surface area contributed by atoms with Gasteiger partial charge in [0, 0.05) is 21.8 Å². The second-order valence-electron chi connectivity index (χ2n) is 4.89. The van der Waals surface area contributed by atoms with E-state index in [1.165, 1.54) is 9.75 Å². The van der Waals surface area contributed by atoms with Crippen LogP contribution in [0.2, 0.25) is 0 Å². The molecule has 0 amide bonds. The Bertz CT molecular complexity index is 335. The number of likely N-dealkylation sites (N-methyl/N-ethyl adjacent to an activating group) is 1. The largest absolute Gasteiger partial charge is 0.326 e. The molecule has 0 radical (unpaired) electrons. The molecule has 0 saturated carbocycles. The Balaban J connectivity index is 2.95. The van der Waals surface area contributed by atoms with Crippen molar-refractivity contribution in [3.8, 4) is 0 Å². The monoisotopic (exact) mass is 254 g/mol. The van der Waals surface area contributed by atoms with Crippen molar-refractivity contribution in [1.29, 1.82) is 0 Å². The lowest BCUT2D eigenvalue weighted by Gasteiger charge is -2.35. The van der Waals surface area contributed by atoms with Crippen molar-refractivity contribution in [2.45, 2.75) is 58.7 Å². The second kappa shape index (κ2) is 6.53. The Morgan fingerprint density at radius 3 is 2.35 bits per heavy atom. The zero-order chi connectivity index (χ0) is 13.0. The van der Waals surface area contributed by atoms with Gasteiger partial charge >= 0.3 is 0 Å². The highest BCUT2D eigenvalue weighted by Crippen LogP contribution is 2.31. The van der Waals surface area contributed by atoms with E-state index in [0.717, 1.165) is 12.8 Å². The molecule has 0 aliphatic rings. The number of hydrogen-bond acceptors (Lipinski definition) is 3. The third-order valence-electron chi connectivity index (χ3n) is 3.65. The highest BCUT2D eigenvalue weighted by molar-refractivity contribution is 7.12. The van der Waals surface area contributed by atoms with Crippen LogP contribution in [-0.2, 0) is 0 Å². The molecule has 1 heterocycles. The van der Waals surface area contributed by atoms with E-state index in [1.807, 2.05) is 11.3 Å². The minimum absolute atomic E-state index is 0.215. The Hall–Kier alpha value is -0.380. The van der Waals surface area contributed by atoms with Crippen molar-refractivity contribution in [3.05, 3.63) is 21.9 Å². The van der Waals surface area contributed by atoms with Crippen molar-refractivity contribution < 1.29 is 0 Å². The second-order valence-corrected chi connectivity index (χ2v) is 6.21. The summed E-state index contributed by atoms with van der Waals surface area (Å²) in [6.45, 7) is 8.83. The lowest BCUT2D eigenvalue weighted by molar-refractivity contribution is 0.157. The predicted octanol–water partition coefficient (Wildman–Crippen LogP) is 3.57. The molecule has 3 atom stereocenters. The number of aryl methyl sites for hydroxylation is 1. The topological polar surface area (TPSA) is 29.3 Å². The maximum absolute atomic E-state index is 6.32. The lowest BCUT2D eigenvalue weighted by atomic mass is 10.0. The molecule has 2 nitrogen and oxygen atoms in total. The molecule has 98 valence electrons. The summed E-state index contributed by atoms with van der Waals surface area (Å²) in [5.74, 6) is 0. The highest BCUT2D eigenvalue weighted by atomic mass is 32.1. The molecule has 0 saturated heterocycles. The van der Waals surface area contributed by atoms with E-state index in [1.54, 1.807) is 0 Å². The summed E-state index contributed by atoms with van der Waals surface area (Å²) in [6, 6.07) is 5.57. The summed E-state index contributed by atoms with van der Waals surface area (Å²) in [4.78, 5) is 5.20. The average Bonchev–Trinajstić information content (AvgIpc) is 2.74. The van der Waals surface area contributed by atoms with Gasteiger partial charge in [-0.25, -0.2) is 0 Å². The van der Waals surface area contributed by atoms with E-state index in [4.69, 9.17) is 5.73 Å². The SMILES string of the molecule is CCC(N)C(c1ccc(C)s1)N(C)C(C)CC. The van der Waals surface area contributed by atoms with Crippen molar-refractivity contribution >= 4 is 11.3 Å². The van der Waals surface area contributed by atoms with Gasteiger partial charge in [0.1, 0.15) is 0 Å². The van der Waals surface area contributed by atoms with E-state index in [-0.39, 0.29) is 6.04 Å². The number of nitrogens with zero attached hydrogens (tertiary/aromatic N) is 1. The van der Waals surface area contributed by atoms with Crippen LogP contribution in [0, 0.1) is 6.92 Å². The number of thiophene rings is 1. The van der Waals surface area contributed by atoms with Gasteiger partial charge in [-0.15, -0.1) is 11.3 Å². The van der Waals surface area contributed by atoms with Crippen LogP contribution in [0.15, 0.2) is 12.1 Å². The Labute approximate surface area is 110 Å². The van der Waals surface area contributed by atoms with Crippen LogP contribution >= 0.6 is 11.3 Å². The van der Waals surface area contributed by atoms with E-state index in [9.17, 15) is 0 Å². The van der Waals surface area contributed by atoms with Crippen molar-refractivity contribution in [2.24, 2.45) is 5.73 Å². The fourth-order valence-corrected chi connectivity index (χ4v) is 3.22. The molecule has 3 unspecified atom stereocenters. The van der Waals surface area contributed by atoms with Gasteiger partial charge in [-0.05, 0) is 45.9 Å². The van der Waals surface area contributed by atoms with Crippen LogP contribution < -0.4 is 5.73 Å². The van der Waals surface area contributed by atoms with Gasteiger partial charge in [-0.3, -0.25) is 4.90 Å².